The minimum Gasteiger partial charge on any atom is -0.375 e. The van der Waals surface area contributed by atoms with Gasteiger partial charge in [-0.15, -0.1) is 0 Å². The van der Waals surface area contributed by atoms with Crippen molar-refractivity contribution in [1.29, 1.82) is 0 Å². The summed E-state index contributed by atoms with van der Waals surface area (Å²) in [5.74, 6) is 0.743. The summed E-state index contributed by atoms with van der Waals surface area (Å²) in [5, 5.41) is 3.01. The van der Waals surface area contributed by atoms with E-state index in [-0.39, 0.29) is 11.6 Å². The molecule has 3 fully saturated rings. The molecule has 0 aliphatic carbocycles. The Morgan fingerprint density at radius 1 is 1.10 bits per heavy atom. The Bertz CT molecular complexity index is 680. The lowest BCUT2D eigenvalue weighted by Crippen LogP contribution is -2.57. The number of anilines is 1. The van der Waals surface area contributed by atoms with Crippen molar-refractivity contribution >= 4 is 11.7 Å². The summed E-state index contributed by atoms with van der Waals surface area (Å²) < 4.78 is 6.35. The lowest BCUT2D eigenvalue weighted by molar-refractivity contribution is -0.131. The van der Waals surface area contributed by atoms with E-state index in [1.807, 2.05) is 35.2 Å². The zero-order chi connectivity index (χ0) is 21.0. The van der Waals surface area contributed by atoms with E-state index >= 15 is 0 Å². The fourth-order valence-electron chi connectivity index (χ4n) is 5.33. The third-order valence-corrected chi connectivity index (χ3v) is 7.00. The maximum Gasteiger partial charge on any atom is 0.321 e. The van der Waals surface area contributed by atoms with Crippen LogP contribution in [0.3, 0.4) is 0 Å². The van der Waals surface area contributed by atoms with Gasteiger partial charge >= 0.3 is 6.03 Å². The monoisotopic (exact) mass is 414 g/mol. The van der Waals surface area contributed by atoms with Crippen LogP contribution in [0.25, 0.3) is 0 Å². The van der Waals surface area contributed by atoms with Crippen LogP contribution in [-0.2, 0) is 4.74 Å². The van der Waals surface area contributed by atoms with Crippen molar-refractivity contribution < 1.29 is 9.53 Å². The zero-order valence-corrected chi connectivity index (χ0v) is 18.7. The van der Waals surface area contributed by atoms with Gasteiger partial charge < -0.3 is 19.9 Å². The van der Waals surface area contributed by atoms with Crippen LogP contribution in [0.15, 0.2) is 30.3 Å². The van der Waals surface area contributed by atoms with E-state index in [0.29, 0.717) is 6.04 Å². The number of carbonyl (C=O) groups excluding carboxylic acids is 1. The quantitative estimate of drug-likeness (QED) is 0.819. The predicted octanol–water partition coefficient (Wildman–Crippen LogP) is 3.51. The molecule has 3 saturated heterocycles. The van der Waals surface area contributed by atoms with E-state index in [9.17, 15) is 4.79 Å². The molecule has 6 heteroatoms. The number of para-hydroxylation sites is 1. The van der Waals surface area contributed by atoms with Gasteiger partial charge in [-0.3, -0.25) is 4.90 Å². The largest absolute Gasteiger partial charge is 0.375 e. The van der Waals surface area contributed by atoms with Gasteiger partial charge in [-0.25, -0.2) is 4.79 Å². The number of rotatable bonds is 4. The molecule has 3 heterocycles. The van der Waals surface area contributed by atoms with E-state index in [1.54, 1.807) is 0 Å². The second-order valence-electron chi connectivity index (χ2n) is 9.69. The predicted molar refractivity (Wildman–Crippen MR) is 121 cm³/mol. The highest BCUT2D eigenvalue weighted by Gasteiger charge is 2.42. The summed E-state index contributed by atoms with van der Waals surface area (Å²) in [6.45, 7) is 13.0. The molecule has 0 aromatic heterocycles. The third kappa shape index (κ3) is 5.34. The van der Waals surface area contributed by atoms with E-state index < -0.39 is 0 Å². The number of amides is 2. The van der Waals surface area contributed by atoms with Crippen molar-refractivity contribution in [3.63, 3.8) is 0 Å². The molecule has 3 aliphatic rings. The molecule has 2 amide bonds. The highest BCUT2D eigenvalue weighted by Crippen LogP contribution is 2.37. The number of ether oxygens (including phenoxy) is 1. The SMILES string of the molecule is CC(C)CN1CCN(C2CCOC3(CCN(C(=O)Nc4ccccc4)CC3)C2)CC1. The third-order valence-electron chi connectivity index (χ3n) is 7.00. The molecule has 4 rings (SSSR count). The number of benzene rings is 1. The number of nitrogens with zero attached hydrogens (tertiary/aromatic N) is 3. The number of likely N-dealkylation sites (tertiary alicyclic amines) is 1. The molecule has 0 saturated carbocycles. The van der Waals surface area contributed by atoms with E-state index in [4.69, 9.17) is 4.74 Å². The minimum atomic E-state index is -0.0402. The number of hydrogen-bond donors (Lipinski definition) is 1. The maximum absolute atomic E-state index is 12.6. The van der Waals surface area contributed by atoms with Crippen LogP contribution in [-0.4, -0.2) is 84.8 Å². The molecule has 0 radical (unpaired) electrons. The van der Waals surface area contributed by atoms with Gasteiger partial charge in [0.15, 0.2) is 0 Å². The molecular weight excluding hydrogens is 376 g/mol. The molecule has 0 bridgehead atoms. The lowest BCUT2D eigenvalue weighted by Gasteiger charge is -2.49. The van der Waals surface area contributed by atoms with Gasteiger partial charge in [0.1, 0.15) is 0 Å². The highest BCUT2D eigenvalue weighted by molar-refractivity contribution is 5.89. The summed E-state index contributed by atoms with van der Waals surface area (Å²) in [6.07, 6.45) is 4.15. The molecule has 1 N–H and O–H groups in total. The van der Waals surface area contributed by atoms with E-state index in [0.717, 1.165) is 57.0 Å². The van der Waals surface area contributed by atoms with Crippen LogP contribution >= 0.6 is 0 Å². The normalized spacial score (nSPS) is 25.6. The first-order chi connectivity index (χ1) is 14.5. The number of piperidine rings is 1. The first-order valence-electron chi connectivity index (χ1n) is 11.7. The molecule has 166 valence electrons. The molecule has 1 atom stereocenters. The van der Waals surface area contributed by atoms with Crippen molar-refractivity contribution in [3.8, 4) is 0 Å². The standard InChI is InChI=1S/C24H38N4O2/c1-20(2)19-26-13-15-27(16-14-26)22-8-17-30-24(18-22)9-11-28(12-10-24)23(29)25-21-6-4-3-5-7-21/h3-7,20,22H,8-19H2,1-2H3,(H,25,29). The molecule has 1 spiro atoms. The van der Waals surface area contributed by atoms with Gasteiger partial charge in [0.25, 0.3) is 0 Å². The van der Waals surface area contributed by atoms with E-state index in [2.05, 4.69) is 29.0 Å². The van der Waals surface area contributed by atoms with Crippen LogP contribution in [0.5, 0.6) is 0 Å². The molecule has 1 aromatic rings. The minimum absolute atomic E-state index is 0.00434. The average molecular weight is 415 g/mol. The fourth-order valence-corrected chi connectivity index (χ4v) is 5.33. The topological polar surface area (TPSA) is 48.1 Å². The second kappa shape index (κ2) is 9.67. The molecule has 6 nitrogen and oxygen atoms in total. The molecular formula is C24H38N4O2. The van der Waals surface area contributed by atoms with E-state index in [1.165, 1.54) is 32.7 Å². The summed E-state index contributed by atoms with van der Waals surface area (Å²) >= 11 is 0. The van der Waals surface area contributed by atoms with Crippen molar-refractivity contribution in [2.24, 2.45) is 5.92 Å². The number of nitrogens with one attached hydrogen (secondary N) is 1. The Kier molecular flexibility index (Phi) is 6.96. The van der Waals surface area contributed by atoms with Gasteiger partial charge in [-0.2, -0.15) is 0 Å². The van der Waals surface area contributed by atoms with Crippen LogP contribution < -0.4 is 5.32 Å². The Balaban J connectivity index is 1.26. The number of carbonyl (C=O) groups is 1. The summed E-state index contributed by atoms with van der Waals surface area (Å²) in [7, 11) is 0. The summed E-state index contributed by atoms with van der Waals surface area (Å²) in [4.78, 5) is 19.9. The number of hydrogen-bond acceptors (Lipinski definition) is 4. The Morgan fingerprint density at radius 3 is 2.47 bits per heavy atom. The molecule has 1 unspecified atom stereocenters. The van der Waals surface area contributed by atoms with Gasteiger partial charge in [-0.05, 0) is 43.7 Å². The lowest BCUT2D eigenvalue weighted by atomic mass is 9.81. The second-order valence-corrected chi connectivity index (χ2v) is 9.69. The summed E-state index contributed by atoms with van der Waals surface area (Å²) in [6, 6.07) is 10.3. The first kappa shape index (κ1) is 21.6. The van der Waals surface area contributed by atoms with Crippen LogP contribution in [0.2, 0.25) is 0 Å². The van der Waals surface area contributed by atoms with Gasteiger partial charge in [0, 0.05) is 64.1 Å². The smallest absolute Gasteiger partial charge is 0.321 e. The fraction of sp³-hybridized carbons (Fsp3) is 0.708. The number of urea groups is 1. The Hall–Kier alpha value is -1.63. The first-order valence-corrected chi connectivity index (χ1v) is 11.7. The molecule has 1 aromatic carbocycles. The highest BCUT2D eigenvalue weighted by atomic mass is 16.5. The zero-order valence-electron chi connectivity index (χ0n) is 18.7. The van der Waals surface area contributed by atoms with Crippen LogP contribution in [0.1, 0.15) is 39.5 Å². The van der Waals surface area contributed by atoms with Crippen molar-refractivity contribution in [3.05, 3.63) is 30.3 Å². The average Bonchev–Trinajstić information content (AvgIpc) is 2.75. The maximum atomic E-state index is 12.6. The molecule has 3 aliphatic heterocycles. The summed E-state index contributed by atoms with van der Waals surface area (Å²) in [5.41, 5.74) is 0.815. The van der Waals surface area contributed by atoms with Crippen LogP contribution in [0.4, 0.5) is 10.5 Å². The number of piperazine rings is 1. The van der Waals surface area contributed by atoms with Gasteiger partial charge in [0.05, 0.1) is 5.60 Å². The van der Waals surface area contributed by atoms with Crippen molar-refractivity contribution in [2.75, 3.05) is 57.7 Å². The van der Waals surface area contributed by atoms with Crippen LogP contribution in [0, 0.1) is 5.92 Å². The molecule has 30 heavy (non-hydrogen) atoms. The Labute approximate surface area is 181 Å². The van der Waals surface area contributed by atoms with Crippen molar-refractivity contribution in [1.82, 2.24) is 14.7 Å². The van der Waals surface area contributed by atoms with Gasteiger partial charge in [-0.1, -0.05) is 32.0 Å². The van der Waals surface area contributed by atoms with Gasteiger partial charge in [0.2, 0.25) is 0 Å². The van der Waals surface area contributed by atoms with Crippen molar-refractivity contribution in [2.45, 2.75) is 51.2 Å². The Morgan fingerprint density at radius 2 is 1.80 bits per heavy atom.